The monoisotopic (exact) mass is 844 g/mol. The van der Waals surface area contributed by atoms with Gasteiger partial charge in [0.25, 0.3) is 0 Å². The number of carboxylic acids is 1. The second-order valence-corrected chi connectivity index (χ2v) is 14.4. The molecule has 13 nitrogen and oxygen atoms in total. The molecule has 2 aliphatic rings. The van der Waals surface area contributed by atoms with Crippen LogP contribution in [0.4, 0.5) is 11.4 Å². The minimum atomic E-state index is -3.11. The van der Waals surface area contributed by atoms with E-state index in [1.807, 2.05) is 44.2 Å². The van der Waals surface area contributed by atoms with E-state index in [0.717, 1.165) is 93.6 Å². The van der Waals surface area contributed by atoms with E-state index in [2.05, 4.69) is 50.3 Å². The van der Waals surface area contributed by atoms with E-state index >= 15 is 0 Å². The summed E-state index contributed by atoms with van der Waals surface area (Å²) in [7, 11) is -3.11. The van der Waals surface area contributed by atoms with E-state index in [-0.39, 0.29) is 86.5 Å². The van der Waals surface area contributed by atoms with Crippen LogP contribution in [0.2, 0.25) is 0 Å². The number of hydrogen-bond donors (Lipinski definition) is 1. The molecule has 4 rings (SSSR count). The number of aliphatic imine (C=N–C) groups is 1. The first-order chi connectivity index (χ1) is 26.0. The SMILES string of the molecule is CC1=Nc2cc[c-]cc2C1(C)CCCCCC(=O)O.CCOC(=O)CCCCCC1(C)C(C)=[N+](CCC(C)OCC)c2ccc([O-])cc21.O=S(=O)=O.O=S=O.[K+]. The van der Waals surface area contributed by atoms with Crippen molar-refractivity contribution in [2.75, 3.05) is 19.8 Å². The molecule has 0 amide bonds. The molecule has 0 saturated heterocycles. The van der Waals surface area contributed by atoms with Gasteiger partial charge < -0.3 is 19.7 Å². The topological polar surface area (TPSA) is 197 Å². The number of ether oxygens (including phenoxy) is 2. The fraction of sp³-hybridized carbons (Fsp3) is 0.600. The molecule has 0 bridgehead atoms. The molecule has 0 aromatic heterocycles. The second-order valence-electron chi connectivity index (χ2n) is 13.9. The molecule has 2 heterocycles. The predicted molar refractivity (Wildman–Crippen MR) is 209 cm³/mol. The van der Waals surface area contributed by atoms with Gasteiger partial charge in [0.2, 0.25) is 5.69 Å². The third-order valence-electron chi connectivity index (χ3n) is 10.2. The molecule has 16 heteroatoms. The molecule has 2 aromatic carbocycles. The van der Waals surface area contributed by atoms with E-state index in [9.17, 15) is 14.7 Å². The standard InChI is InChI=1S/C24H37NO4.C16H20NO2.K.O3S.O2S/c1-6-28-18(3)14-16-25-19(4)24(5,21-17-20(26)12-13-22(21)25)15-10-8-9-11-23(27)29-7-2;1-12-16(2,11-7-3-4-10-15(18)19)13-8-5-6-9-14(13)17-12;;1-4(2)3;1-3-2/h12-13,17-18H,6-11,14-16H2,1-5H3;6,8-9H,3-4,7,10-11H2,1-2H3,(H,18,19);;;/q;-1;+1;;. The smallest absolute Gasteiger partial charge is 0.872 e. The van der Waals surface area contributed by atoms with E-state index in [4.69, 9.17) is 35.6 Å². The van der Waals surface area contributed by atoms with Crippen molar-refractivity contribution in [1.29, 1.82) is 0 Å². The molecule has 2 aliphatic heterocycles. The molecule has 2 aromatic rings. The maximum Gasteiger partial charge on any atom is 1.00 e. The van der Waals surface area contributed by atoms with Crippen LogP contribution in [-0.2, 0) is 52.1 Å². The second kappa shape index (κ2) is 28.1. The van der Waals surface area contributed by atoms with Crippen molar-refractivity contribution in [2.24, 2.45) is 4.99 Å². The Morgan fingerprint density at radius 3 is 2.11 bits per heavy atom. The maximum atomic E-state index is 12.1. The Hall–Kier alpha value is -2.44. The molecule has 0 saturated carbocycles. The van der Waals surface area contributed by atoms with Gasteiger partial charge in [0.1, 0.15) is 0 Å². The van der Waals surface area contributed by atoms with E-state index in [0.29, 0.717) is 13.0 Å². The van der Waals surface area contributed by atoms with Gasteiger partial charge >= 0.3 is 85.5 Å². The molecule has 0 spiro atoms. The van der Waals surface area contributed by atoms with Crippen molar-refractivity contribution in [2.45, 2.75) is 136 Å². The summed E-state index contributed by atoms with van der Waals surface area (Å²) in [4.78, 5) is 26.6. The van der Waals surface area contributed by atoms with Gasteiger partial charge in [-0.15, -0.1) is 30.0 Å². The van der Waals surface area contributed by atoms with Gasteiger partial charge in [-0.05, 0) is 71.4 Å². The number of rotatable bonds is 18. The predicted octanol–water partition coefficient (Wildman–Crippen LogP) is 3.68. The number of fused-ring (bicyclic) bond motifs is 2. The Bertz CT molecular complexity index is 1770. The van der Waals surface area contributed by atoms with Crippen LogP contribution in [0.25, 0.3) is 0 Å². The van der Waals surface area contributed by atoms with Gasteiger partial charge in [-0.25, -0.2) is 0 Å². The van der Waals surface area contributed by atoms with Crippen LogP contribution in [-0.4, -0.2) is 80.0 Å². The zero-order chi connectivity index (χ0) is 41.6. The number of nitrogens with zero attached hydrogens (tertiary/aromatic N) is 2. The molecule has 0 fully saturated rings. The first-order valence-electron chi connectivity index (χ1n) is 18.7. The molecule has 0 aliphatic carbocycles. The molecule has 3 atom stereocenters. The molecule has 1 N–H and O–H groups in total. The Balaban J connectivity index is 0.000000961. The molecular weight excluding hydrogens is 788 g/mol. The van der Waals surface area contributed by atoms with Crippen LogP contribution in [0.5, 0.6) is 5.75 Å². The minimum Gasteiger partial charge on any atom is -0.872 e. The fourth-order valence-corrected chi connectivity index (χ4v) is 7.01. The average Bonchev–Trinajstić information content (AvgIpc) is 3.48. The summed E-state index contributed by atoms with van der Waals surface area (Å²) in [5.41, 5.74) is 6.91. The quantitative estimate of drug-likeness (QED) is 0.0756. The number of unbranched alkanes of at least 4 members (excludes halogenated alkanes) is 4. The number of carboxylic acid groups (broad SMARTS) is 1. The normalized spacial score (nSPS) is 17.8. The average molecular weight is 845 g/mol. The van der Waals surface area contributed by atoms with Gasteiger partial charge in [-0.3, -0.25) is 14.6 Å². The summed E-state index contributed by atoms with van der Waals surface area (Å²) in [5, 5.41) is 20.7. The van der Waals surface area contributed by atoms with Gasteiger partial charge in [0, 0.05) is 50.1 Å². The third-order valence-corrected chi connectivity index (χ3v) is 10.2. The Labute approximate surface area is 379 Å². The van der Waals surface area contributed by atoms with Crippen LogP contribution in [0, 0.1) is 6.07 Å². The van der Waals surface area contributed by atoms with Crippen molar-refractivity contribution in [1.82, 2.24) is 0 Å². The Kier molecular flexibility index (Phi) is 26.8. The van der Waals surface area contributed by atoms with Crippen molar-refractivity contribution < 1.29 is 106 Å². The summed E-state index contributed by atoms with van der Waals surface area (Å²) >= 11 is -0.750. The zero-order valence-corrected chi connectivity index (χ0v) is 38.9. The van der Waals surface area contributed by atoms with Crippen molar-refractivity contribution in [3.8, 4) is 5.75 Å². The molecule has 56 heavy (non-hydrogen) atoms. The zero-order valence-electron chi connectivity index (χ0n) is 34.2. The number of hydrogen-bond acceptors (Lipinski definition) is 11. The molecule has 0 radical (unpaired) electrons. The van der Waals surface area contributed by atoms with Crippen molar-refractivity contribution in [3.05, 3.63) is 53.6 Å². The number of benzene rings is 2. The summed E-state index contributed by atoms with van der Waals surface area (Å²) in [6, 6.07) is 14.5. The van der Waals surface area contributed by atoms with Gasteiger partial charge in [0.15, 0.2) is 12.3 Å². The van der Waals surface area contributed by atoms with Crippen molar-refractivity contribution >= 4 is 56.9 Å². The maximum absolute atomic E-state index is 12.1. The number of aliphatic carboxylic acids is 1. The van der Waals surface area contributed by atoms with Crippen LogP contribution < -0.4 is 56.5 Å². The van der Waals surface area contributed by atoms with Gasteiger partial charge in [-0.2, -0.15) is 31.2 Å². The summed E-state index contributed by atoms with van der Waals surface area (Å²) in [5.74, 6) is -0.752. The first-order valence-corrected chi connectivity index (χ1v) is 20.4. The fourth-order valence-electron chi connectivity index (χ4n) is 7.01. The summed E-state index contributed by atoms with van der Waals surface area (Å²) < 4.78 is 55.0. The van der Waals surface area contributed by atoms with Crippen molar-refractivity contribution in [3.63, 3.8) is 0 Å². The molecule has 306 valence electrons. The largest absolute Gasteiger partial charge is 1.00 e. The van der Waals surface area contributed by atoms with Crippen LogP contribution in [0.3, 0.4) is 0 Å². The summed E-state index contributed by atoms with van der Waals surface area (Å²) in [6.07, 6.45) is 9.49. The van der Waals surface area contributed by atoms with Gasteiger partial charge in [-0.1, -0.05) is 44.7 Å². The summed E-state index contributed by atoms with van der Waals surface area (Å²) in [6.45, 7) is 16.8. The molecular formula is C40H57KN2O11S2. The molecule has 3 unspecified atom stereocenters. The Morgan fingerprint density at radius 1 is 0.946 bits per heavy atom. The van der Waals surface area contributed by atoms with Crippen LogP contribution in [0.1, 0.15) is 130 Å². The number of carbonyl (C=O) groups excluding carboxylic acids is 1. The van der Waals surface area contributed by atoms with E-state index < -0.39 is 28.1 Å². The first kappa shape index (κ1) is 53.6. The third kappa shape index (κ3) is 17.6. The minimum absolute atomic E-state index is 0. The number of esters is 1. The van der Waals surface area contributed by atoms with E-state index in [1.54, 1.807) is 6.07 Å². The Morgan fingerprint density at radius 2 is 1.54 bits per heavy atom. The van der Waals surface area contributed by atoms with E-state index in [1.165, 1.54) is 11.3 Å². The van der Waals surface area contributed by atoms with Crippen LogP contribution >= 0.6 is 0 Å². The van der Waals surface area contributed by atoms with Crippen LogP contribution in [0.15, 0.2) is 41.4 Å². The van der Waals surface area contributed by atoms with Gasteiger partial charge in [0.05, 0.1) is 18.1 Å². The number of carbonyl (C=O) groups is 2.